The minimum Gasteiger partial charge on any atom is -0.454 e. The van der Waals surface area contributed by atoms with Crippen molar-refractivity contribution in [3.63, 3.8) is 0 Å². The molecule has 0 saturated carbocycles. The lowest BCUT2D eigenvalue weighted by Crippen LogP contribution is -2.35. The van der Waals surface area contributed by atoms with Crippen LogP contribution in [0.25, 0.3) is 0 Å². The van der Waals surface area contributed by atoms with Gasteiger partial charge in [0.1, 0.15) is 0 Å². The van der Waals surface area contributed by atoms with Crippen LogP contribution < -0.4 is 14.9 Å². The van der Waals surface area contributed by atoms with E-state index in [1.54, 1.807) is 5.01 Å². The van der Waals surface area contributed by atoms with Crippen LogP contribution in [-0.4, -0.2) is 31.8 Å². The normalized spacial score (nSPS) is 12.8. The fourth-order valence-electron chi connectivity index (χ4n) is 2.02. The van der Waals surface area contributed by atoms with Crippen LogP contribution in [0.2, 0.25) is 0 Å². The third-order valence-corrected chi connectivity index (χ3v) is 2.90. The number of carbonyl (C=O) groups excluding carboxylic acids is 1. The van der Waals surface area contributed by atoms with Gasteiger partial charge in [0.25, 0.3) is 0 Å². The second kappa shape index (κ2) is 6.43. The molecule has 104 valence electrons. The van der Waals surface area contributed by atoms with Crippen molar-refractivity contribution in [3.8, 4) is 11.5 Å². The highest BCUT2D eigenvalue weighted by Crippen LogP contribution is 2.32. The van der Waals surface area contributed by atoms with Crippen molar-refractivity contribution < 1.29 is 14.3 Å². The third kappa shape index (κ3) is 4.13. The van der Waals surface area contributed by atoms with Gasteiger partial charge in [-0.3, -0.25) is 10.2 Å². The van der Waals surface area contributed by atoms with Crippen molar-refractivity contribution in [2.45, 2.75) is 25.7 Å². The maximum absolute atomic E-state index is 11.4. The number of hydrogen-bond acceptors (Lipinski definition) is 4. The van der Waals surface area contributed by atoms with Crippen molar-refractivity contribution in [3.05, 3.63) is 23.8 Å². The number of fused-ring (bicyclic) bond motifs is 1. The number of nitrogens with zero attached hydrogens (tertiary/aromatic N) is 1. The number of hydrogen-bond donors (Lipinski definition) is 1. The number of benzene rings is 1. The summed E-state index contributed by atoms with van der Waals surface area (Å²) in [6.45, 7) is 0.309. The monoisotopic (exact) mass is 264 g/mol. The van der Waals surface area contributed by atoms with Crippen LogP contribution in [0.4, 0.5) is 0 Å². The van der Waals surface area contributed by atoms with Crippen LogP contribution in [0.15, 0.2) is 18.2 Å². The highest BCUT2D eigenvalue weighted by Gasteiger charge is 2.12. The van der Waals surface area contributed by atoms with E-state index in [1.807, 2.05) is 32.3 Å². The molecular weight excluding hydrogens is 244 g/mol. The summed E-state index contributed by atoms with van der Waals surface area (Å²) >= 11 is 0. The molecule has 0 saturated heterocycles. The first kappa shape index (κ1) is 13.7. The first-order chi connectivity index (χ1) is 9.15. The quantitative estimate of drug-likeness (QED) is 0.628. The number of carbonyl (C=O) groups is 1. The molecule has 1 aliphatic heterocycles. The number of unbranched alkanes of at least 4 members (excludes halogenated alkanes) is 1. The molecule has 1 heterocycles. The number of ether oxygens (including phenoxy) is 2. The number of hydrazine groups is 1. The van der Waals surface area contributed by atoms with Crippen LogP contribution in [0.5, 0.6) is 11.5 Å². The number of rotatable bonds is 6. The van der Waals surface area contributed by atoms with Crippen molar-refractivity contribution in [1.29, 1.82) is 0 Å². The van der Waals surface area contributed by atoms with Crippen molar-refractivity contribution in [1.82, 2.24) is 10.4 Å². The molecular formula is C14H20N2O3. The van der Waals surface area contributed by atoms with Gasteiger partial charge in [-0.15, -0.1) is 0 Å². The molecule has 19 heavy (non-hydrogen) atoms. The van der Waals surface area contributed by atoms with E-state index in [2.05, 4.69) is 5.43 Å². The second-order valence-corrected chi connectivity index (χ2v) is 4.82. The Hall–Kier alpha value is -1.75. The van der Waals surface area contributed by atoms with E-state index in [9.17, 15) is 4.79 Å². The summed E-state index contributed by atoms with van der Waals surface area (Å²) in [6.07, 6.45) is 3.38. The maximum Gasteiger partial charge on any atom is 0.234 e. The third-order valence-electron chi connectivity index (χ3n) is 2.90. The highest BCUT2D eigenvalue weighted by molar-refractivity contribution is 5.75. The Labute approximate surface area is 113 Å². The molecule has 1 N–H and O–H groups in total. The molecule has 0 atom stereocenters. The lowest BCUT2D eigenvalue weighted by atomic mass is 10.1. The predicted molar refractivity (Wildman–Crippen MR) is 71.9 cm³/mol. The van der Waals surface area contributed by atoms with Crippen LogP contribution in [0, 0.1) is 0 Å². The fourth-order valence-corrected chi connectivity index (χ4v) is 2.02. The average molecular weight is 264 g/mol. The van der Waals surface area contributed by atoms with E-state index in [4.69, 9.17) is 9.47 Å². The standard InChI is InChI=1S/C14H20N2O3/c1-16(2)15-14(17)6-4-3-5-11-7-8-12-13(9-11)19-10-18-12/h7-9H,3-6,10H2,1-2H3,(H,15,17). The molecule has 1 amide bonds. The number of nitrogens with one attached hydrogen (secondary N) is 1. The summed E-state index contributed by atoms with van der Waals surface area (Å²) in [5, 5.41) is 1.67. The number of aryl methyl sites for hydroxylation is 1. The van der Waals surface area contributed by atoms with E-state index >= 15 is 0 Å². The van der Waals surface area contributed by atoms with Crippen molar-refractivity contribution in [2.24, 2.45) is 0 Å². The first-order valence-corrected chi connectivity index (χ1v) is 6.50. The van der Waals surface area contributed by atoms with Crippen LogP contribution in [0.1, 0.15) is 24.8 Å². The Kier molecular flexibility index (Phi) is 4.63. The van der Waals surface area contributed by atoms with Crippen LogP contribution in [0.3, 0.4) is 0 Å². The second-order valence-electron chi connectivity index (χ2n) is 4.82. The first-order valence-electron chi connectivity index (χ1n) is 6.50. The fraction of sp³-hybridized carbons (Fsp3) is 0.500. The largest absolute Gasteiger partial charge is 0.454 e. The SMILES string of the molecule is CN(C)NC(=O)CCCCc1ccc2c(c1)OCO2. The van der Waals surface area contributed by atoms with Crippen molar-refractivity contribution in [2.75, 3.05) is 20.9 Å². The molecule has 2 rings (SSSR count). The van der Waals surface area contributed by atoms with Gasteiger partial charge < -0.3 is 9.47 Å². The molecule has 1 aromatic carbocycles. The summed E-state index contributed by atoms with van der Waals surface area (Å²) in [5.74, 6) is 1.70. The van der Waals surface area contributed by atoms with Gasteiger partial charge in [-0.1, -0.05) is 6.07 Å². The Morgan fingerprint density at radius 3 is 2.84 bits per heavy atom. The lowest BCUT2D eigenvalue weighted by Gasteiger charge is -2.11. The molecule has 1 aromatic rings. The molecule has 5 heteroatoms. The summed E-state index contributed by atoms with van der Waals surface area (Å²) < 4.78 is 10.6. The van der Waals surface area contributed by atoms with Crippen LogP contribution >= 0.6 is 0 Å². The molecule has 5 nitrogen and oxygen atoms in total. The molecule has 0 aromatic heterocycles. The Morgan fingerprint density at radius 1 is 1.26 bits per heavy atom. The molecule has 0 fully saturated rings. The summed E-state index contributed by atoms with van der Waals surface area (Å²) in [7, 11) is 3.62. The average Bonchev–Trinajstić information content (AvgIpc) is 2.81. The Bertz CT molecular complexity index is 446. The minimum atomic E-state index is 0.0655. The zero-order valence-corrected chi connectivity index (χ0v) is 11.4. The van der Waals surface area contributed by atoms with E-state index in [-0.39, 0.29) is 5.91 Å². The van der Waals surface area contributed by atoms with Gasteiger partial charge in [0.15, 0.2) is 11.5 Å². The van der Waals surface area contributed by atoms with E-state index < -0.39 is 0 Å². The predicted octanol–water partition coefficient (Wildman–Crippen LogP) is 1.72. The molecule has 0 spiro atoms. The maximum atomic E-state index is 11.4. The van der Waals surface area contributed by atoms with Gasteiger partial charge in [0, 0.05) is 20.5 Å². The molecule has 0 unspecified atom stereocenters. The number of amides is 1. The summed E-state index contributed by atoms with van der Waals surface area (Å²) in [5.41, 5.74) is 3.95. The molecule has 0 bridgehead atoms. The topological polar surface area (TPSA) is 50.8 Å². The Morgan fingerprint density at radius 2 is 2.05 bits per heavy atom. The van der Waals surface area contributed by atoms with Crippen molar-refractivity contribution >= 4 is 5.91 Å². The van der Waals surface area contributed by atoms with E-state index in [0.29, 0.717) is 13.2 Å². The molecule has 0 radical (unpaired) electrons. The van der Waals surface area contributed by atoms with Gasteiger partial charge in [-0.2, -0.15) is 0 Å². The van der Waals surface area contributed by atoms with Crippen LogP contribution in [-0.2, 0) is 11.2 Å². The van der Waals surface area contributed by atoms with Gasteiger partial charge in [-0.25, -0.2) is 5.01 Å². The summed E-state index contributed by atoms with van der Waals surface area (Å²) in [4.78, 5) is 11.4. The van der Waals surface area contributed by atoms with Gasteiger partial charge in [0.05, 0.1) is 0 Å². The molecule has 1 aliphatic rings. The van der Waals surface area contributed by atoms with Gasteiger partial charge in [-0.05, 0) is 37.0 Å². The minimum absolute atomic E-state index is 0.0655. The van der Waals surface area contributed by atoms with E-state index in [1.165, 1.54) is 5.56 Å². The summed E-state index contributed by atoms with van der Waals surface area (Å²) in [6, 6.07) is 6.01. The highest BCUT2D eigenvalue weighted by atomic mass is 16.7. The molecule has 0 aliphatic carbocycles. The zero-order valence-electron chi connectivity index (χ0n) is 11.4. The van der Waals surface area contributed by atoms with E-state index in [0.717, 1.165) is 30.8 Å². The Balaban J connectivity index is 1.70. The smallest absolute Gasteiger partial charge is 0.234 e. The van der Waals surface area contributed by atoms with Gasteiger partial charge >= 0.3 is 0 Å². The lowest BCUT2D eigenvalue weighted by molar-refractivity contribution is -0.124. The zero-order chi connectivity index (χ0) is 13.7. The van der Waals surface area contributed by atoms with Gasteiger partial charge in [0.2, 0.25) is 12.7 Å².